The quantitative estimate of drug-likeness (QED) is 0.303. The van der Waals surface area contributed by atoms with E-state index in [4.69, 9.17) is 21.1 Å². The number of benzene rings is 2. The van der Waals surface area contributed by atoms with E-state index in [-0.39, 0.29) is 18.9 Å². The number of esters is 2. The Bertz CT molecular complexity index is 1140. The fourth-order valence-corrected chi connectivity index (χ4v) is 4.34. The van der Waals surface area contributed by atoms with Gasteiger partial charge in [-0.2, -0.15) is 0 Å². The second-order valence-corrected chi connectivity index (χ2v) is 9.79. The Balaban J connectivity index is 1.50. The molecule has 1 aliphatic heterocycles. The highest BCUT2D eigenvalue weighted by atomic mass is 79.9. The summed E-state index contributed by atoms with van der Waals surface area (Å²) in [6.45, 7) is 3.90. The predicted octanol–water partition coefficient (Wildman–Crippen LogP) is 5.29. The molecule has 10 heteroatoms. The highest BCUT2D eigenvalue weighted by molar-refractivity contribution is 9.10. The third-order valence-electron chi connectivity index (χ3n) is 5.74. The minimum atomic E-state index is -0.697. The minimum Gasteiger partial charge on any atom is -0.462 e. The van der Waals surface area contributed by atoms with Gasteiger partial charge in [0.25, 0.3) is 5.91 Å². The fourth-order valence-electron chi connectivity index (χ4n) is 3.71. The lowest BCUT2D eigenvalue weighted by atomic mass is 10.1. The van der Waals surface area contributed by atoms with Crippen LogP contribution in [0.15, 0.2) is 40.9 Å². The van der Waals surface area contributed by atoms with E-state index in [0.717, 1.165) is 24.8 Å². The maximum atomic E-state index is 12.5. The molecule has 1 saturated heterocycles. The molecular formula is C26H28BrClN2O6. The summed E-state index contributed by atoms with van der Waals surface area (Å²) in [4.78, 5) is 50.9. The normalized spacial score (nSPS) is 15.1. The second-order valence-electron chi connectivity index (χ2n) is 8.53. The van der Waals surface area contributed by atoms with Crippen LogP contribution in [0.25, 0.3) is 0 Å². The van der Waals surface area contributed by atoms with Gasteiger partial charge in [0, 0.05) is 28.8 Å². The van der Waals surface area contributed by atoms with Crippen LogP contribution in [-0.4, -0.2) is 43.5 Å². The molecule has 192 valence electrons. The predicted molar refractivity (Wildman–Crippen MR) is 140 cm³/mol. The standard InChI is InChI=1S/C26H28BrClN2O6/c1-3-4-5-10-35-25(33)17-6-8-19(9-7-17)30-14-18(12-24(30)32)26(34)36-15-23(31)29-22-13-21(28)20(27)11-16(22)2/h6-9,11,13,18H,3-5,10,12,14-15H2,1-2H3,(H,29,31)/t18-/m1/s1. The van der Waals surface area contributed by atoms with Crippen LogP contribution in [-0.2, 0) is 23.9 Å². The summed E-state index contributed by atoms with van der Waals surface area (Å²) in [5, 5.41) is 3.10. The molecule has 1 fully saturated rings. The number of nitrogens with one attached hydrogen (secondary N) is 1. The summed E-state index contributed by atoms with van der Waals surface area (Å²) in [7, 11) is 0. The number of hydrogen-bond donors (Lipinski definition) is 1. The van der Waals surface area contributed by atoms with Gasteiger partial charge in [0.1, 0.15) is 0 Å². The van der Waals surface area contributed by atoms with Crippen LogP contribution in [0.5, 0.6) is 0 Å². The van der Waals surface area contributed by atoms with Gasteiger partial charge >= 0.3 is 11.9 Å². The molecule has 0 bridgehead atoms. The number of amides is 2. The first kappa shape index (κ1) is 27.7. The van der Waals surface area contributed by atoms with Crippen LogP contribution in [0.2, 0.25) is 5.02 Å². The van der Waals surface area contributed by atoms with Gasteiger partial charge in [0.2, 0.25) is 5.91 Å². The molecule has 0 aromatic heterocycles. The van der Waals surface area contributed by atoms with Crippen molar-refractivity contribution in [3.63, 3.8) is 0 Å². The zero-order valence-corrected chi connectivity index (χ0v) is 22.5. The van der Waals surface area contributed by atoms with Crippen molar-refractivity contribution in [1.82, 2.24) is 0 Å². The summed E-state index contributed by atoms with van der Waals surface area (Å²) in [5.74, 6) is -2.48. The van der Waals surface area contributed by atoms with Crippen molar-refractivity contribution in [3.05, 3.63) is 57.0 Å². The van der Waals surface area contributed by atoms with Crippen molar-refractivity contribution in [2.75, 3.05) is 30.0 Å². The Kier molecular flexibility index (Phi) is 9.89. The van der Waals surface area contributed by atoms with Crippen LogP contribution in [0.1, 0.15) is 48.5 Å². The van der Waals surface area contributed by atoms with Crippen molar-refractivity contribution >= 4 is 62.7 Å². The molecule has 36 heavy (non-hydrogen) atoms. The van der Waals surface area contributed by atoms with Crippen molar-refractivity contribution in [1.29, 1.82) is 0 Å². The number of carbonyl (C=O) groups excluding carboxylic acids is 4. The smallest absolute Gasteiger partial charge is 0.338 e. The second kappa shape index (κ2) is 12.9. The summed E-state index contributed by atoms with van der Waals surface area (Å²) < 4.78 is 11.1. The lowest BCUT2D eigenvalue weighted by Crippen LogP contribution is -2.28. The zero-order chi connectivity index (χ0) is 26.2. The SMILES string of the molecule is CCCCCOC(=O)c1ccc(N2C[C@H](C(=O)OCC(=O)Nc3cc(Cl)c(Br)cc3C)CC2=O)cc1. The number of hydrogen-bond acceptors (Lipinski definition) is 6. The van der Waals surface area contributed by atoms with E-state index >= 15 is 0 Å². The molecule has 0 radical (unpaired) electrons. The topological polar surface area (TPSA) is 102 Å². The Morgan fingerprint density at radius 1 is 1.14 bits per heavy atom. The molecule has 2 aromatic rings. The van der Waals surface area contributed by atoms with Gasteiger partial charge in [0.15, 0.2) is 6.61 Å². The molecule has 0 unspecified atom stereocenters. The summed E-state index contributed by atoms with van der Waals surface area (Å²) in [5.41, 5.74) is 2.27. The average Bonchev–Trinajstić information content (AvgIpc) is 3.25. The Hall–Kier alpha value is -2.91. The lowest BCUT2D eigenvalue weighted by molar-refractivity contribution is -0.151. The number of anilines is 2. The van der Waals surface area contributed by atoms with E-state index < -0.39 is 30.4 Å². The van der Waals surface area contributed by atoms with E-state index in [9.17, 15) is 19.2 Å². The van der Waals surface area contributed by atoms with Crippen molar-refractivity contribution in [3.8, 4) is 0 Å². The van der Waals surface area contributed by atoms with Gasteiger partial charge in [-0.1, -0.05) is 31.4 Å². The molecule has 2 aromatic carbocycles. The molecule has 1 heterocycles. The van der Waals surface area contributed by atoms with E-state index in [1.165, 1.54) is 4.90 Å². The van der Waals surface area contributed by atoms with E-state index in [2.05, 4.69) is 28.2 Å². The first-order valence-corrected chi connectivity index (χ1v) is 12.9. The first-order chi connectivity index (χ1) is 17.2. The van der Waals surface area contributed by atoms with Crippen LogP contribution in [0.4, 0.5) is 11.4 Å². The fraction of sp³-hybridized carbons (Fsp3) is 0.385. The Morgan fingerprint density at radius 3 is 2.56 bits per heavy atom. The summed E-state index contributed by atoms with van der Waals surface area (Å²) >= 11 is 9.39. The van der Waals surface area contributed by atoms with Gasteiger partial charge in [-0.25, -0.2) is 4.79 Å². The molecular weight excluding hydrogens is 552 g/mol. The van der Waals surface area contributed by atoms with Crippen LogP contribution in [0.3, 0.4) is 0 Å². The molecule has 1 atom stereocenters. The number of carbonyl (C=O) groups is 4. The number of unbranched alkanes of at least 4 members (excludes halogenated alkanes) is 2. The highest BCUT2D eigenvalue weighted by Crippen LogP contribution is 2.29. The summed E-state index contributed by atoms with van der Waals surface area (Å²) in [6.07, 6.45) is 2.83. The molecule has 1 N–H and O–H groups in total. The molecule has 0 saturated carbocycles. The summed E-state index contributed by atoms with van der Waals surface area (Å²) in [6, 6.07) is 9.85. The largest absolute Gasteiger partial charge is 0.462 e. The Labute approximate surface area is 223 Å². The van der Waals surface area contributed by atoms with Gasteiger partial charge < -0.3 is 19.7 Å². The van der Waals surface area contributed by atoms with Crippen LogP contribution >= 0.6 is 27.5 Å². The van der Waals surface area contributed by atoms with Crippen molar-refractivity contribution in [2.45, 2.75) is 39.5 Å². The number of rotatable bonds is 10. The maximum Gasteiger partial charge on any atom is 0.338 e. The third kappa shape index (κ3) is 7.30. The van der Waals surface area contributed by atoms with Crippen molar-refractivity contribution < 1.29 is 28.7 Å². The van der Waals surface area contributed by atoms with E-state index in [1.807, 2.05) is 6.92 Å². The molecule has 8 nitrogen and oxygen atoms in total. The number of ether oxygens (including phenoxy) is 2. The van der Waals surface area contributed by atoms with Gasteiger partial charge in [-0.05, 0) is 71.2 Å². The zero-order valence-electron chi connectivity index (χ0n) is 20.1. The Morgan fingerprint density at radius 2 is 1.86 bits per heavy atom. The van der Waals surface area contributed by atoms with Gasteiger partial charge in [-0.15, -0.1) is 0 Å². The number of aryl methyl sites for hydroxylation is 1. The monoisotopic (exact) mass is 578 g/mol. The van der Waals surface area contributed by atoms with Gasteiger partial charge in [0.05, 0.1) is 23.1 Å². The minimum absolute atomic E-state index is 0.0247. The number of halogens is 2. The van der Waals surface area contributed by atoms with Crippen LogP contribution < -0.4 is 10.2 Å². The molecule has 3 rings (SSSR count). The number of nitrogens with zero attached hydrogens (tertiary/aromatic N) is 1. The molecule has 2 amide bonds. The maximum absolute atomic E-state index is 12.5. The lowest BCUT2D eigenvalue weighted by Gasteiger charge is -2.17. The highest BCUT2D eigenvalue weighted by Gasteiger charge is 2.36. The average molecular weight is 580 g/mol. The molecule has 1 aliphatic rings. The third-order valence-corrected chi connectivity index (χ3v) is 6.94. The van der Waals surface area contributed by atoms with Crippen LogP contribution in [0, 0.1) is 12.8 Å². The van der Waals surface area contributed by atoms with E-state index in [0.29, 0.717) is 33.0 Å². The first-order valence-electron chi connectivity index (χ1n) is 11.7. The molecule has 0 spiro atoms. The van der Waals surface area contributed by atoms with Crippen molar-refractivity contribution in [2.24, 2.45) is 5.92 Å². The van der Waals surface area contributed by atoms with E-state index in [1.54, 1.807) is 36.4 Å². The molecule has 0 aliphatic carbocycles. The van der Waals surface area contributed by atoms with Gasteiger partial charge in [-0.3, -0.25) is 14.4 Å².